The number of hydrogen-bond donors (Lipinski definition) is 3. The Morgan fingerprint density at radius 2 is 2.04 bits per heavy atom. The summed E-state index contributed by atoms with van der Waals surface area (Å²) in [6.45, 7) is -0.152. The van der Waals surface area contributed by atoms with E-state index in [-0.39, 0.29) is 25.3 Å². The van der Waals surface area contributed by atoms with Crippen LogP contribution in [0, 0.1) is 0 Å². The van der Waals surface area contributed by atoms with Crippen molar-refractivity contribution in [1.29, 1.82) is 0 Å². The molecule has 0 aliphatic heterocycles. The number of benzene rings is 2. The van der Waals surface area contributed by atoms with Gasteiger partial charge >= 0.3 is 6.03 Å². The molecule has 146 valence electrons. The van der Waals surface area contributed by atoms with Gasteiger partial charge in [0.25, 0.3) is 5.56 Å². The van der Waals surface area contributed by atoms with Gasteiger partial charge in [0.1, 0.15) is 5.75 Å². The number of aliphatic hydroxyl groups is 1. The van der Waals surface area contributed by atoms with Gasteiger partial charge in [0.2, 0.25) is 0 Å². The third kappa shape index (κ3) is 4.44. The molecular weight excluding hydrogens is 382 g/mol. The second-order valence-electron chi connectivity index (χ2n) is 6.13. The van der Waals surface area contributed by atoms with Crippen molar-refractivity contribution < 1.29 is 14.6 Å². The molecule has 0 aliphatic rings. The fourth-order valence-corrected chi connectivity index (χ4v) is 2.99. The first-order valence-corrected chi connectivity index (χ1v) is 9.01. The zero-order chi connectivity index (χ0) is 20.1. The van der Waals surface area contributed by atoms with Crippen molar-refractivity contribution in [3.05, 3.63) is 69.5 Å². The minimum atomic E-state index is -0.465. The second kappa shape index (κ2) is 8.77. The number of rotatable bonds is 6. The first-order valence-electron chi connectivity index (χ1n) is 8.63. The number of urea groups is 1. The van der Waals surface area contributed by atoms with Crippen LogP contribution < -0.4 is 15.6 Å². The Kier molecular flexibility index (Phi) is 6.18. The molecule has 2 amide bonds. The van der Waals surface area contributed by atoms with E-state index in [1.54, 1.807) is 55.6 Å². The minimum absolute atomic E-state index is 0.0271. The number of aromatic amines is 1. The van der Waals surface area contributed by atoms with Crippen molar-refractivity contribution in [2.45, 2.75) is 6.54 Å². The predicted octanol–water partition coefficient (Wildman–Crippen LogP) is 3.22. The number of anilines is 1. The summed E-state index contributed by atoms with van der Waals surface area (Å²) in [5.74, 6) is 0.661. The maximum Gasteiger partial charge on any atom is 0.322 e. The number of pyridine rings is 1. The number of halogens is 1. The summed E-state index contributed by atoms with van der Waals surface area (Å²) >= 11 is 6.08. The molecule has 0 fully saturated rings. The summed E-state index contributed by atoms with van der Waals surface area (Å²) in [5.41, 5.74) is 1.22. The molecule has 2 aromatic carbocycles. The highest BCUT2D eigenvalue weighted by atomic mass is 35.5. The normalized spacial score (nSPS) is 10.7. The third-order valence-corrected chi connectivity index (χ3v) is 4.59. The number of nitrogens with one attached hydrogen (secondary N) is 2. The van der Waals surface area contributed by atoms with Crippen LogP contribution >= 0.6 is 11.6 Å². The van der Waals surface area contributed by atoms with Gasteiger partial charge in [-0.1, -0.05) is 23.7 Å². The van der Waals surface area contributed by atoms with E-state index in [0.717, 1.165) is 5.39 Å². The number of nitrogens with zero attached hydrogens (tertiary/aromatic N) is 1. The van der Waals surface area contributed by atoms with Crippen LogP contribution in [0.4, 0.5) is 10.5 Å². The molecule has 7 nitrogen and oxygen atoms in total. The van der Waals surface area contributed by atoms with Gasteiger partial charge in [0.05, 0.1) is 31.0 Å². The quantitative estimate of drug-likeness (QED) is 0.591. The van der Waals surface area contributed by atoms with E-state index in [2.05, 4.69) is 10.3 Å². The number of carbonyl (C=O) groups is 1. The maximum absolute atomic E-state index is 12.6. The van der Waals surface area contributed by atoms with Crippen LogP contribution in [-0.2, 0) is 6.54 Å². The monoisotopic (exact) mass is 401 g/mol. The Bertz CT molecular complexity index is 1050. The third-order valence-electron chi connectivity index (χ3n) is 4.26. The average Bonchev–Trinajstić information content (AvgIpc) is 2.69. The zero-order valence-corrected chi connectivity index (χ0v) is 16.0. The molecule has 0 saturated heterocycles. The number of H-pyrrole nitrogens is 1. The SMILES string of the molecule is COc1ccc2[nH]c(=O)c(CN(CCO)C(=O)Nc3ccccc3Cl)cc2c1. The molecule has 8 heteroatoms. The van der Waals surface area contributed by atoms with Gasteiger partial charge in [-0.15, -0.1) is 0 Å². The summed E-state index contributed by atoms with van der Waals surface area (Å²) in [5, 5.41) is 13.2. The summed E-state index contributed by atoms with van der Waals surface area (Å²) in [7, 11) is 1.57. The van der Waals surface area contributed by atoms with E-state index in [1.165, 1.54) is 4.90 Å². The van der Waals surface area contributed by atoms with Gasteiger partial charge in [-0.25, -0.2) is 4.79 Å². The van der Waals surface area contributed by atoms with Gasteiger partial charge in [0.15, 0.2) is 0 Å². The zero-order valence-electron chi connectivity index (χ0n) is 15.2. The number of aromatic nitrogens is 1. The number of carbonyl (C=O) groups excluding carboxylic acids is 1. The average molecular weight is 402 g/mol. The van der Waals surface area contributed by atoms with Crippen molar-refractivity contribution in [2.24, 2.45) is 0 Å². The topological polar surface area (TPSA) is 94.7 Å². The van der Waals surface area contributed by atoms with Crippen molar-refractivity contribution in [2.75, 3.05) is 25.6 Å². The summed E-state index contributed by atoms with van der Waals surface area (Å²) < 4.78 is 5.22. The molecule has 3 aromatic rings. The van der Waals surface area contributed by atoms with Gasteiger partial charge in [-0.2, -0.15) is 0 Å². The van der Waals surface area contributed by atoms with Gasteiger partial charge < -0.3 is 25.0 Å². The molecule has 1 heterocycles. The van der Waals surface area contributed by atoms with Crippen LogP contribution in [0.5, 0.6) is 5.75 Å². The number of para-hydroxylation sites is 1. The number of hydrogen-bond acceptors (Lipinski definition) is 4. The lowest BCUT2D eigenvalue weighted by molar-refractivity contribution is 0.185. The molecule has 3 rings (SSSR count). The van der Waals surface area contributed by atoms with Gasteiger partial charge in [0, 0.05) is 23.0 Å². The van der Waals surface area contributed by atoms with E-state index in [0.29, 0.717) is 27.5 Å². The Labute approximate surface area is 166 Å². The number of ether oxygens (including phenoxy) is 1. The minimum Gasteiger partial charge on any atom is -0.497 e. The molecular formula is C20H20ClN3O4. The van der Waals surface area contributed by atoms with Gasteiger partial charge in [-0.05, 0) is 36.4 Å². The van der Waals surface area contributed by atoms with E-state index < -0.39 is 6.03 Å². The number of aliphatic hydroxyl groups excluding tert-OH is 1. The van der Waals surface area contributed by atoms with E-state index in [9.17, 15) is 14.7 Å². The number of methoxy groups -OCH3 is 1. The smallest absolute Gasteiger partial charge is 0.322 e. The van der Waals surface area contributed by atoms with Crippen LogP contribution in [-0.4, -0.2) is 41.3 Å². The highest BCUT2D eigenvalue weighted by Gasteiger charge is 2.17. The Morgan fingerprint density at radius 1 is 1.25 bits per heavy atom. The molecule has 0 spiro atoms. The first kappa shape index (κ1) is 19.7. The maximum atomic E-state index is 12.6. The predicted molar refractivity (Wildman–Crippen MR) is 109 cm³/mol. The van der Waals surface area contributed by atoms with Crippen LogP contribution in [0.25, 0.3) is 10.9 Å². The number of amides is 2. The fourth-order valence-electron chi connectivity index (χ4n) is 2.81. The van der Waals surface area contributed by atoms with E-state index in [4.69, 9.17) is 16.3 Å². The fraction of sp³-hybridized carbons (Fsp3) is 0.200. The van der Waals surface area contributed by atoms with Crippen LogP contribution in [0.1, 0.15) is 5.56 Å². The number of fused-ring (bicyclic) bond motifs is 1. The second-order valence-corrected chi connectivity index (χ2v) is 6.54. The largest absolute Gasteiger partial charge is 0.497 e. The van der Waals surface area contributed by atoms with Crippen LogP contribution in [0.3, 0.4) is 0 Å². The highest BCUT2D eigenvalue weighted by Crippen LogP contribution is 2.22. The molecule has 0 unspecified atom stereocenters. The standard InChI is InChI=1S/C20H20ClN3O4/c1-28-15-6-7-17-13(11-15)10-14(19(26)22-17)12-24(8-9-25)20(27)23-18-5-3-2-4-16(18)21/h2-7,10-11,25H,8-9,12H2,1H3,(H,22,26)(H,23,27). The lowest BCUT2D eigenvalue weighted by Gasteiger charge is -2.22. The van der Waals surface area contributed by atoms with Crippen molar-refractivity contribution in [3.8, 4) is 5.75 Å². The van der Waals surface area contributed by atoms with E-state index >= 15 is 0 Å². The molecule has 0 bridgehead atoms. The van der Waals surface area contributed by atoms with Crippen molar-refractivity contribution in [3.63, 3.8) is 0 Å². The Morgan fingerprint density at radius 3 is 2.75 bits per heavy atom. The summed E-state index contributed by atoms with van der Waals surface area (Å²) in [6, 6.07) is 13.4. The van der Waals surface area contributed by atoms with Crippen LogP contribution in [0.2, 0.25) is 5.02 Å². The molecule has 0 aliphatic carbocycles. The van der Waals surface area contributed by atoms with Crippen molar-refractivity contribution in [1.82, 2.24) is 9.88 Å². The summed E-state index contributed by atoms with van der Waals surface area (Å²) in [4.78, 5) is 29.2. The van der Waals surface area contributed by atoms with E-state index in [1.807, 2.05) is 0 Å². The van der Waals surface area contributed by atoms with Crippen molar-refractivity contribution >= 4 is 34.2 Å². The molecule has 0 radical (unpaired) electrons. The lowest BCUT2D eigenvalue weighted by Crippen LogP contribution is -2.38. The lowest BCUT2D eigenvalue weighted by atomic mass is 10.1. The summed E-state index contributed by atoms with van der Waals surface area (Å²) in [6.07, 6.45) is 0. The molecule has 28 heavy (non-hydrogen) atoms. The molecule has 3 N–H and O–H groups in total. The van der Waals surface area contributed by atoms with Gasteiger partial charge in [-0.3, -0.25) is 4.79 Å². The molecule has 1 aromatic heterocycles. The molecule has 0 atom stereocenters. The first-order chi connectivity index (χ1) is 13.5. The Hall–Kier alpha value is -3.03. The molecule has 0 saturated carbocycles. The Balaban J connectivity index is 1.87. The van der Waals surface area contributed by atoms with Crippen LogP contribution in [0.15, 0.2) is 53.3 Å². The highest BCUT2D eigenvalue weighted by molar-refractivity contribution is 6.33.